The molecule has 6 aromatic rings. The maximum atomic E-state index is 4.46. The normalized spacial score (nSPS) is 11.5. The second kappa shape index (κ2) is 7.50. The summed E-state index contributed by atoms with van der Waals surface area (Å²) in [7, 11) is 0. The highest BCUT2D eigenvalue weighted by Gasteiger charge is 2.29. The fourth-order valence-corrected chi connectivity index (χ4v) is 5.39. The van der Waals surface area contributed by atoms with Crippen LogP contribution in [0.1, 0.15) is 0 Å². The van der Waals surface area contributed by atoms with Crippen LogP contribution in [0.3, 0.4) is 0 Å². The van der Waals surface area contributed by atoms with Gasteiger partial charge in [0.25, 0.3) is 0 Å². The second-order valence-corrected chi connectivity index (χ2v) is 8.66. The highest BCUT2D eigenvalue weighted by atomic mass is 14.6. The lowest BCUT2D eigenvalue weighted by Gasteiger charge is -2.20. The lowest BCUT2D eigenvalue weighted by atomic mass is 9.83. The largest absolute Gasteiger partial charge is 0.264 e. The minimum atomic E-state index is 1.11. The molecular formula is C32H20N2. The van der Waals surface area contributed by atoms with Gasteiger partial charge in [0.05, 0.1) is 0 Å². The first-order chi connectivity index (χ1) is 16.9. The van der Waals surface area contributed by atoms with E-state index in [0.29, 0.717) is 0 Å². The number of benzene rings is 4. The minimum Gasteiger partial charge on any atom is -0.264 e. The van der Waals surface area contributed by atoms with Crippen LogP contribution in [-0.4, -0.2) is 9.97 Å². The van der Waals surface area contributed by atoms with Crippen molar-refractivity contribution in [2.24, 2.45) is 0 Å². The summed E-state index contributed by atoms with van der Waals surface area (Å²) in [5, 5.41) is 2.59. The van der Waals surface area contributed by atoms with Crippen molar-refractivity contribution in [3.8, 4) is 55.6 Å². The van der Waals surface area contributed by atoms with E-state index in [2.05, 4.69) is 94.9 Å². The molecule has 2 nitrogen and oxygen atoms in total. The van der Waals surface area contributed by atoms with Gasteiger partial charge in [-0.25, -0.2) is 0 Å². The van der Waals surface area contributed by atoms with Gasteiger partial charge in [-0.1, -0.05) is 78.9 Å². The predicted octanol–water partition coefficient (Wildman–Crippen LogP) is 8.28. The van der Waals surface area contributed by atoms with Gasteiger partial charge in [0, 0.05) is 35.9 Å². The van der Waals surface area contributed by atoms with Crippen molar-refractivity contribution >= 4 is 10.8 Å². The van der Waals surface area contributed by atoms with E-state index in [1.54, 1.807) is 0 Å². The Balaban J connectivity index is 1.71. The Morgan fingerprint density at radius 3 is 1.62 bits per heavy atom. The lowest BCUT2D eigenvalue weighted by Crippen LogP contribution is -1.95. The first-order valence-electron chi connectivity index (χ1n) is 11.5. The van der Waals surface area contributed by atoms with Crippen molar-refractivity contribution in [3.05, 3.63) is 122 Å². The predicted molar refractivity (Wildman–Crippen MR) is 140 cm³/mol. The van der Waals surface area contributed by atoms with Crippen molar-refractivity contribution < 1.29 is 0 Å². The topological polar surface area (TPSA) is 25.8 Å². The van der Waals surface area contributed by atoms with Crippen LogP contribution in [0, 0.1) is 0 Å². The number of fused-ring (bicyclic) bond motifs is 3. The smallest absolute Gasteiger partial charge is 0.0346 e. The van der Waals surface area contributed by atoms with E-state index >= 15 is 0 Å². The van der Waals surface area contributed by atoms with Gasteiger partial charge >= 0.3 is 0 Å². The molecule has 34 heavy (non-hydrogen) atoms. The first-order valence-corrected chi connectivity index (χ1v) is 11.5. The van der Waals surface area contributed by atoms with Crippen LogP contribution in [0.4, 0.5) is 0 Å². The number of hydrogen-bond acceptors (Lipinski definition) is 2. The average Bonchev–Trinajstić information content (AvgIpc) is 3.26. The van der Waals surface area contributed by atoms with Crippen LogP contribution in [0.5, 0.6) is 0 Å². The van der Waals surface area contributed by atoms with Crippen molar-refractivity contribution in [1.82, 2.24) is 9.97 Å². The molecule has 0 unspecified atom stereocenters. The van der Waals surface area contributed by atoms with Gasteiger partial charge in [-0.05, 0) is 73.5 Å². The zero-order valence-electron chi connectivity index (χ0n) is 18.4. The van der Waals surface area contributed by atoms with Crippen LogP contribution >= 0.6 is 0 Å². The highest BCUT2D eigenvalue weighted by molar-refractivity contribution is 6.22. The van der Waals surface area contributed by atoms with Gasteiger partial charge in [-0.15, -0.1) is 0 Å². The van der Waals surface area contributed by atoms with E-state index in [9.17, 15) is 0 Å². The van der Waals surface area contributed by atoms with E-state index in [0.717, 1.165) is 11.1 Å². The summed E-state index contributed by atoms with van der Waals surface area (Å²) < 4.78 is 0. The molecule has 0 radical (unpaired) electrons. The highest BCUT2D eigenvalue weighted by Crippen LogP contribution is 2.56. The molecule has 2 aromatic heterocycles. The zero-order chi connectivity index (χ0) is 22.5. The Morgan fingerprint density at radius 2 is 1.00 bits per heavy atom. The molecule has 158 valence electrons. The fraction of sp³-hybridized carbons (Fsp3) is 0. The van der Waals surface area contributed by atoms with Gasteiger partial charge in [0.1, 0.15) is 0 Å². The molecule has 2 heteroatoms. The van der Waals surface area contributed by atoms with Gasteiger partial charge in [-0.3, -0.25) is 9.97 Å². The van der Waals surface area contributed by atoms with Gasteiger partial charge < -0.3 is 0 Å². The molecular weight excluding hydrogens is 412 g/mol. The lowest BCUT2D eigenvalue weighted by molar-refractivity contribution is 1.32. The number of pyridine rings is 2. The summed E-state index contributed by atoms with van der Waals surface area (Å²) in [6, 6.07) is 34.7. The molecule has 0 saturated carbocycles. The van der Waals surface area contributed by atoms with Crippen molar-refractivity contribution in [1.29, 1.82) is 0 Å². The molecule has 0 amide bonds. The molecule has 0 aliphatic heterocycles. The first kappa shape index (κ1) is 19.0. The van der Waals surface area contributed by atoms with Crippen LogP contribution in [0.2, 0.25) is 0 Å². The van der Waals surface area contributed by atoms with E-state index in [1.165, 1.54) is 55.3 Å². The molecule has 1 aliphatic rings. The van der Waals surface area contributed by atoms with E-state index in [4.69, 9.17) is 0 Å². The number of aromatic nitrogens is 2. The molecule has 0 fully saturated rings. The van der Waals surface area contributed by atoms with Crippen LogP contribution in [-0.2, 0) is 0 Å². The Hall–Kier alpha value is -4.56. The van der Waals surface area contributed by atoms with Crippen molar-refractivity contribution in [3.63, 3.8) is 0 Å². The summed E-state index contributed by atoms with van der Waals surface area (Å²) in [4.78, 5) is 8.91. The third kappa shape index (κ3) is 2.76. The molecule has 0 atom stereocenters. The van der Waals surface area contributed by atoms with E-state index in [1.807, 2.05) is 36.9 Å². The zero-order valence-corrected chi connectivity index (χ0v) is 18.4. The third-order valence-corrected chi connectivity index (χ3v) is 6.78. The molecule has 1 aliphatic carbocycles. The SMILES string of the molecule is c1ccc(-c2c(-c3cccnc3)cc(-c3cccnc3)c3c2-c2cccc4cccc-3c24)cc1. The Kier molecular flexibility index (Phi) is 4.18. The molecule has 0 bridgehead atoms. The quantitative estimate of drug-likeness (QED) is 0.281. The molecule has 7 rings (SSSR count). The second-order valence-electron chi connectivity index (χ2n) is 8.66. The van der Waals surface area contributed by atoms with E-state index in [-0.39, 0.29) is 0 Å². The van der Waals surface area contributed by atoms with Crippen molar-refractivity contribution in [2.75, 3.05) is 0 Å². The number of rotatable bonds is 3. The van der Waals surface area contributed by atoms with Crippen LogP contribution < -0.4 is 0 Å². The number of nitrogens with zero attached hydrogens (tertiary/aromatic N) is 2. The molecule has 0 saturated heterocycles. The minimum absolute atomic E-state index is 1.11. The van der Waals surface area contributed by atoms with Crippen molar-refractivity contribution in [2.45, 2.75) is 0 Å². The Bertz CT molecular complexity index is 1670. The molecule has 4 aromatic carbocycles. The Labute approximate surface area is 198 Å². The Morgan fingerprint density at radius 1 is 0.412 bits per heavy atom. The number of hydrogen-bond donors (Lipinski definition) is 0. The standard InChI is InChI=1S/C32H20N2/c1-2-8-22(9-3-1)30-27(23-12-6-16-33-19-23)18-28(24-13-7-17-34-20-24)31-25-14-4-10-21-11-5-15-26(29(21)25)32(30)31/h1-20H. The summed E-state index contributed by atoms with van der Waals surface area (Å²) >= 11 is 0. The summed E-state index contributed by atoms with van der Waals surface area (Å²) in [5.41, 5.74) is 12.2. The summed E-state index contributed by atoms with van der Waals surface area (Å²) in [6.07, 6.45) is 7.59. The molecule has 0 N–H and O–H groups in total. The van der Waals surface area contributed by atoms with E-state index < -0.39 is 0 Å². The van der Waals surface area contributed by atoms with Gasteiger partial charge in [-0.2, -0.15) is 0 Å². The monoisotopic (exact) mass is 432 g/mol. The maximum absolute atomic E-state index is 4.46. The van der Waals surface area contributed by atoms with Gasteiger partial charge in [0.15, 0.2) is 0 Å². The average molecular weight is 433 g/mol. The maximum Gasteiger partial charge on any atom is 0.0346 e. The molecule has 0 spiro atoms. The summed E-state index contributed by atoms with van der Waals surface area (Å²) in [5.74, 6) is 0. The fourth-order valence-electron chi connectivity index (χ4n) is 5.39. The van der Waals surface area contributed by atoms with Crippen LogP contribution in [0.25, 0.3) is 66.4 Å². The third-order valence-electron chi connectivity index (χ3n) is 6.78. The van der Waals surface area contributed by atoms with Crippen LogP contribution in [0.15, 0.2) is 122 Å². The molecule has 2 heterocycles. The summed E-state index contributed by atoms with van der Waals surface area (Å²) in [6.45, 7) is 0. The van der Waals surface area contributed by atoms with Gasteiger partial charge in [0.2, 0.25) is 0 Å².